The average molecular weight is 353 g/mol. The smallest absolute Gasteiger partial charge is 0.144 e. The van der Waals surface area contributed by atoms with E-state index >= 15 is 0 Å². The molecule has 0 aromatic heterocycles. The first-order chi connectivity index (χ1) is 7.58. The summed E-state index contributed by atoms with van der Waals surface area (Å²) in [4.78, 5) is 0. The van der Waals surface area contributed by atoms with Gasteiger partial charge in [-0.05, 0) is 28.7 Å². The Balaban J connectivity index is 0. The molecule has 9 heteroatoms. The van der Waals surface area contributed by atoms with Gasteiger partial charge in [-0.25, -0.2) is 0 Å². The number of thiol groups is 4. The Bertz CT molecular complexity index is 186. The third-order valence-corrected chi connectivity index (χ3v) is 3.63. The number of thiocarbonyl (C=S) groups is 2. The van der Waals surface area contributed by atoms with E-state index in [0.29, 0.717) is 8.64 Å². The summed E-state index contributed by atoms with van der Waals surface area (Å²) in [6.07, 6.45) is 1.12. The average Bonchev–Trinajstić information content (AvgIpc) is 2.26. The summed E-state index contributed by atoms with van der Waals surface area (Å²) in [5.74, 6) is 1.92. The standard InChI is InChI=1S/C4H8N2S5.C3H8S2/c7-3(8)5-1-2-6-4(9)11-10;4-2-1-3-5/h10H,1-2H2,(H,6,9)(H2,5,7,8);4-5H,1-3H2. The molecule has 0 saturated heterocycles. The van der Waals surface area contributed by atoms with Gasteiger partial charge in [-0.2, -0.15) is 25.3 Å². The van der Waals surface area contributed by atoms with Crippen LogP contribution in [-0.2, 0) is 0 Å². The van der Waals surface area contributed by atoms with Crippen molar-refractivity contribution < 1.29 is 0 Å². The monoisotopic (exact) mass is 352 g/mol. The Morgan fingerprint density at radius 1 is 1.06 bits per heavy atom. The maximum absolute atomic E-state index is 4.83. The fraction of sp³-hybridized carbons (Fsp3) is 0.714. The Morgan fingerprint density at radius 3 is 1.88 bits per heavy atom. The highest BCUT2D eigenvalue weighted by molar-refractivity contribution is 8.76. The van der Waals surface area contributed by atoms with Crippen molar-refractivity contribution in [3.63, 3.8) is 0 Å². The van der Waals surface area contributed by atoms with Crippen LogP contribution in [0.15, 0.2) is 0 Å². The van der Waals surface area contributed by atoms with Crippen molar-refractivity contribution in [1.29, 1.82) is 0 Å². The van der Waals surface area contributed by atoms with E-state index in [1.807, 2.05) is 0 Å². The van der Waals surface area contributed by atoms with Gasteiger partial charge in [0.15, 0.2) is 0 Å². The predicted molar refractivity (Wildman–Crippen MR) is 99.1 cm³/mol. The van der Waals surface area contributed by atoms with Crippen molar-refractivity contribution in [2.24, 2.45) is 0 Å². The molecule has 2 nitrogen and oxygen atoms in total. The molecule has 0 spiro atoms. The molecule has 16 heavy (non-hydrogen) atoms. The van der Waals surface area contributed by atoms with Crippen LogP contribution in [0.3, 0.4) is 0 Å². The molecule has 0 fully saturated rings. The summed E-state index contributed by atoms with van der Waals surface area (Å²) in [7, 11) is 1.22. The van der Waals surface area contributed by atoms with Gasteiger partial charge in [0, 0.05) is 13.1 Å². The summed E-state index contributed by atoms with van der Waals surface area (Å²) in [5.41, 5.74) is 0. The van der Waals surface area contributed by atoms with Gasteiger partial charge in [0.25, 0.3) is 0 Å². The van der Waals surface area contributed by atoms with Gasteiger partial charge < -0.3 is 10.6 Å². The molecular weight excluding hydrogens is 337 g/mol. The third kappa shape index (κ3) is 20.9. The molecular formula is C7H16N2S7. The van der Waals surface area contributed by atoms with Crippen LogP contribution in [0.5, 0.6) is 0 Å². The molecule has 0 rings (SSSR count). The van der Waals surface area contributed by atoms with Crippen molar-refractivity contribution in [3.8, 4) is 0 Å². The van der Waals surface area contributed by atoms with Crippen LogP contribution in [0.4, 0.5) is 0 Å². The zero-order valence-corrected chi connectivity index (χ0v) is 14.6. The first kappa shape index (κ1) is 19.9. The molecule has 0 aromatic rings. The molecule has 0 amide bonds. The third-order valence-electron chi connectivity index (χ3n) is 1.07. The van der Waals surface area contributed by atoms with Crippen LogP contribution in [0, 0.1) is 0 Å². The van der Waals surface area contributed by atoms with Gasteiger partial charge in [0.2, 0.25) is 0 Å². The lowest BCUT2D eigenvalue weighted by molar-refractivity contribution is 0.834. The Morgan fingerprint density at radius 2 is 1.56 bits per heavy atom. The molecule has 0 unspecified atom stereocenters. The van der Waals surface area contributed by atoms with Gasteiger partial charge in [0.05, 0.1) is 0 Å². The number of hydrogen-bond acceptors (Lipinski definition) is 6. The maximum Gasteiger partial charge on any atom is 0.144 e. The minimum atomic E-state index is 0.497. The van der Waals surface area contributed by atoms with Gasteiger partial charge in [-0.15, -0.1) is 24.3 Å². The lowest BCUT2D eigenvalue weighted by atomic mass is 10.6. The number of hydrogen-bond donors (Lipinski definition) is 6. The molecule has 0 aliphatic heterocycles. The van der Waals surface area contributed by atoms with Crippen molar-refractivity contribution in [2.45, 2.75) is 6.42 Å². The van der Waals surface area contributed by atoms with Crippen LogP contribution in [0.2, 0.25) is 0 Å². The van der Waals surface area contributed by atoms with Crippen molar-refractivity contribution in [3.05, 3.63) is 0 Å². The van der Waals surface area contributed by atoms with E-state index in [-0.39, 0.29) is 0 Å². The van der Waals surface area contributed by atoms with E-state index in [2.05, 4.69) is 72.4 Å². The van der Waals surface area contributed by atoms with Crippen molar-refractivity contribution >= 4 is 93.4 Å². The topological polar surface area (TPSA) is 24.1 Å². The molecule has 0 aliphatic rings. The summed E-state index contributed by atoms with van der Waals surface area (Å²) in [6, 6.07) is 0. The Labute approximate surface area is 134 Å². The van der Waals surface area contributed by atoms with Crippen LogP contribution < -0.4 is 10.6 Å². The highest BCUT2D eigenvalue weighted by atomic mass is 33.1. The second-order valence-corrected chi connectivity index (χ2v) is 6.20. The zero-order valence-electron chi connectivity index (χ0n) is 8.55. The van der Waals surface area contributed by atoms with Crippen molar-refractivity contribution in [1.82, 2.24) is 10.6 Å². The Hall–Kier alpha value is 1.53. The van der Waals surface area contributed by atoms with E-state index in [4.69, 9.17) is 12.2 Å². The summed E-state index contributed by atoms with van der Waals surface area (Å²) in [6.45, 7) is 1.45. The molecule has 0 saturated carbocycles. The van der Waals surface area contributed by atoms with Gasteiger partial charge >= 0.3 is 0 Å². The SMILES string of the molecule is S=C(S)NCCNC(=S)SS.SCCCS. The van der Waals surface area contributed by atoms with Gasteiger partial charge in [-0.1, -0.05) is 24.4 Å². The predicted octanol–water partition coefficient (Wildman–Crippen LogP) is 2.48. The fourth-order valence-electron chi connectivity index (χ4n) is 0.437. The largest absolute Gasteiger partial charge is 0.369 e. The maximum atomic E-state index is 4.83. The fourth-order valence-corrected chi connectivity index (χ4v) is 1.68. The normalized spacial score (nSPS) is 8.75. The molecule has 0 bridgehead atoms. The van der Waals surface area contributed by atoms with Crippen molar-refractivity contribution in [2.75, 3.05) is 24.6 Å². The lowest BCUT2D eigenvalue weighted by Gasteiger charge is -2.05. The molecule has 96 valence electrons. The zero-order chi connectivity index (χ0) is 12.8. The quantitative estimate of drug-likeness (QED) is 0.198. The lowest BCUT2D eigenvalue weighted by Crippen LogP contribution is -2.30. The minimum Gasteiger partial charge on any atom is -0.369 e. The first-order valence-corrected chi connectivity index (χ1v) is 8.76. The van der Waals surface area contributed by atoms with Gasteiger partial charge in [0.1, 0.15) is 8.64 Å². The van der Waals surface area contributed by atoms with E-state index in [0.717, 1.165) is 31.0 Å². The minimum absolute atomic E-state index is 0.497. The molecule has 0 heterocycles. The van der Waals surface area contributed by atoms with Crippen LogP contribution in [0.25, 0.3) is 0 Å². The van der Waals surface area contributed by atoms with E-state index in [9.17, 15) is 0 Å². The van der Waals surface area contributed by atoms with E-state index < -0.39 is 0 Å². The van der Waals surface area contributed by atoms with Gasteiger partial charge in [-0.3, -0.25) is 0 Å². The number of rotatable bonds is 5. The second kappa shape index (κ2) is 16.5. The summed E-state index contributed by atoms with van der Waals surface area (Å²) < 4.78 is 1.16. The highest BCUT2D eigenvalue weighted by Crippen LogP contribution is 2.04. The molecule has 0 radical (unpaired) electrons. The summed E-state index contributed by atoms with van der Waals surface area (Å²) in [5, 5.41) is 5.81. The highest BCUT2D eigenvalue weighted by Gasteiger charge is 1.91. The number of nitrogens with one attached hydrogen (secondary N) is 2. The second-order valence-electron chi connectivity index (χ2n) is 2.34. The molecule has 0 aliphatic carbocycles. The van der Waals surface area contributed by atoms with E-state index in [1.165, 1.54) is 10.8 Å². The molecule has 0 aromatic carbocycles. The summed E-state index contributed by atoms with van der Waals surface area (Å²) >= 11 is 25.2. The van der Waals surface area contributed by atoms with Crippen LogP contribution >= 0.6 is 84.8 Å². The Kier molecular flexibility index (Phi) is 20.5. The van der Waals surface area contributed by atoms with Crippen LogP contribution in [0.1, 0.15) is 6.42 Å². The molecule has 2 N–H and O–H groups in total. The van der Waals surface area contributed by atoms with Crippen LogP contribution in [-0.4, -0.2) is 33.2 Å². The van der Waals surface area contributed by atoms with E-state index in [1.54, 1.807) is 0 Å². The molecule has 0 atom stereocenters. The first-order valence-electron chi connectivity index (χ1n) is 4.36.